The SMILES string of the molecule is CNCCC1CCN(c2ccc(OC(C)C)cc2)C1. The second kappa shape index (κ2) is 6.80. The van der Waals surface area contributed by atoms with E-state index in [4.69, 9.17) is 4.74 Å². The van der Waals surface area contributed by atoms with Crippen LogP contribution in [0.4, 0.5) is 5.69 Å². The summed E-state index contributed by atoms with van der Waals surface area (Å²) >= 11 is 0. The molecule has 1 heterocycles. The lowest BCUT2D eigenvalue weighted by Gasteiger charge is -2.19. The Morgan fingerprint density at radius 3 is 2.68 bits per heavy atom. The Morgan fingerprint density at radius 1 is 1.32 bits per heavy atom. The Kier molecular flexibility index (Phi) is 5.08. The van der Waals surface area contributed by atoms with Gasteiger partial charge in [-0.05, 0) is 70.5 Å². The quantitative estimate of drug-likeness (QED) is 0.853. The van der Waals surface area contributed by atoms with E-state index in [2.05, 4.69) is 48.3 Å². The van der Waals surface area contributed by atoms with Gasteiger partial charge in [0.05, 0.1) is 6.10 Å². The van der Waals surface area contributed by atoms with Crippen molar-refractivity contribution < 1.29 is 4.74 Å². The van der Waals surface area contributed by atoms with Crippen LogP contribution in [0.2, 0.25) is 0 Å². The van der Waals surface area contributed by atoms with Crippen LogP contribution in [-0.4, -0.2) is 32.8 Å². The first-order valence-corrected chi connectivity index (χ1v) is 7.35. The van der Waals surface area contributed by atoms with Gasteiger partial charge in [-0.2, -0.15) is 0 Å². The largest absolute Gasteiger partial charge is 0.491 e. The van der Waals surface area contributed by atoms with Crippen molar-refractivity contribution in [1.29, 1.82) is 0 Å². The fourth-order valence-electron chi connectivity index (χ4n) is 2.66. The Morgan fingerprint density at radius 2 is 2.05 bits per heavy atom. The summed E-state index contributed by atoms with van der Waals surface area (Å²) in [5, 5.41) is 3.24. The molecule has 0 radical (unpaired) electrons. The van der Waals surface area contributed by atoms with Gasteiger partial charge in [0.1, 0.15) is 5.75 Å². The highest BCUT2D eigenvalue weighted by Gasteiger charge is 2.22. The summed E-state index contributed by atoms with van der Waals surface area (Å²) in [4.78, 5) is 2.49. The van der Waals surface area contributed by atoms with Crippen molar-refractivity contribution in [2.45, 2.75) is 32.8 Å². The average molecular weight is 262 g/mol. The second-order valence-corrected chi connectivity index (χ2v) is 5.65. The van der Waals surface area contributed by atoms with Crippen molar-refractivity contribution in [3.8, 4) is 5.75 Å². The number of ether oxygens (including phenoxy) is 1. The lowest BCUT2D eigenvalue weighted by Crippen LogP contribution is -2.21. The van der Waals surface area contributed by atoms with Gasteiger partial charge in [0.25, 0.3) is 0 Å². The first-order valence-electron chi connectivity index (χ1n) is 7.35. The van der Waals surface area contributed by atoms with Crippen LogP contribution >= 0.6 is 0 Å². The minimum absolute atomic E-state index is 0.239. The molecule has 1 saturated heterocycles. The van der Waals surface area contributed by atoms with Crippen molar-refractivity contribution in [2.24, 2.45) is 5.92 Å². The van der Waals surface area contributed by atoms with Gasteiger partial charge in [-0.25, -0.2) is 0 Å². The van der Waals surface area contributed by atoms with Crippen molar-refractivity contribution in [2.75, 3.05) is 31.6 Å². The minimum Gasteiger partial charge on any atom is -0.491 e. The third kappa shape index (κ3) is 4.13. The van der Waals surface area contributed by atoms with Crippen molar-refractivity contribution in [3.63, 3.8) is 0 Å². The van der Waals surface area contributed by atoms with Crippen LogP contribution in [0.1, 0.15) is 26.7 Å². The molecule has 3 heteroatoms. The third-order valence-corrected chi connectivity index (χ3v) is 3.66. The normalized spacial score (nSPS) is 19.2. The van der Waals surface area contributed by atoms with E-state index in [1.807, 2.05) is 7.05 Å². The van der Waals surface area contributed by atoms with E-state index in [9.17, 15) is 0 Å². The average Bonchev–Trinajstić information content (AvgIpc) is 2.85. The smallest absolute Gasteiger partial charge is 0.119 e. The fraction of sp³-hybridized carbons (Fsp3) is 0.625. The molecule has 1 unspecified atom stereocenters. The molecule has 1 fully saturated rings. The molecule has 0 aliphatic carbocycles. The molecule has 1 aliphatic heterocycles. The van der Waals surface area contributed by atoms with E-state index in [0.29, 0.717) is 0 Å². The zero-order chi connectivity index (χ0) is 13.7. The predicted molar refractivity (Wildman–Crippen MR) is 81.1 cm³/mol. The highest BCUT2D eigenvalue weighted by Crippen LogP contribution is 2.27. The van der Waals surface area contributed by atoms with Gasteiger partial charge in [0.15, 0.2) is 0 Å². The Balaban J connectivity index is 1.89. The molecule has 1 atom stereocenters. The van der Waals surface area contributed by atoms with E-state index in [0.717, 1.165) is 18.2 Å². The molecule has 0 saturated carbocycles. The molecule has 1 aliphatic rings. The molecular formula is C16H26N2O. The van der Waals surface area contributed by atoms with Crippen LogP contribution in [0.3, 0.4) is 0 Å². The summed E-state index contributed by atoms with van der Waals surface area (Å²) in [5.41, 5.74) is 1.32. The molecule has 1 aromatic rings. The van der Waals surface area contributed by atoms with Crippen LogP contribution in [0.5, 0.6) is 5.75 Å². The van der Waals surface area contributed by atoms with Gasteiger partial charge in [-0.15, -0.1) is 0 Å². The first kappa shape index (κ1) is 14.2. The van der Waals surface area contributed by atoms with Crippen LogP contribution in [0.25, 0.3) is 0 Å². The van der Waals surface area contributed by atoms with E-state index < -0.39 is 0 Å². The zero-order valence-electron chi connectivity index (χ0n) is 12.4. The number of benzene rings is 1. The standard InChI is InChI=1S/C16H26N2O/c1-13(2)19-16-6-4-15(5-7-16)18-11-9-14(12-18)8-10-17-3/h4-7,13-14,17H,8-12H2,1-3H3. The van der Waals surface area contributed by atoms with Gasteiger partial charge >= 0.3 is 0 Å². The lowest BCUT2D eigenvalue weighted by molar-refractivity contribution is 0.242. The Labute approximate surface area is 116 Å². The van der Waals surface area contributed by atoms with E-state index >= 15 is 0 Å². The maximum Gasteiger partial charge on any atom is 0.119 e. The molecule has 106 valence electrons. The number of anilines is 1. The minimum atomic E-state index is 0.239. The molecule has 3 nitrogen and oxygen atoms in total. The monoisotopic (exact) mass is 262 g/mol. The van der Waals surface area contributed by atoms with Crippen LogP contribution in [0.15, 0.2) is 24.3 Å². The van der Waals surface area contributed by atoms with Gasteiger partial charge in [-0.3, -0.25) is 0 Å². The van der Waals surface area contributed by atoms with Crippen LogP contribution < -0.4 is 15.0 Å². The number of hydrogen-bond donors (Lipinski definition) is 1. The van der Waals surface area contributed by atoms with Crippen molar-refractivity contribution in [3.05, 3.63) is 24.3 Å². The zero-order valence-corrected chi connectivity index (χ0v) is 12.4. The summed E-state index contributed by atoms with van der Waals surface area (Å²) < 4.78 is 5.68. The van der Waals surface area contributed by atoms with Crippen molar-refractivity contribution >= 4 is 5.69 Å². The van der Waals surface area contributed by atoms with Gasteiger partial charge < -0.3 is 15.0 Å². The Hall–Kier alpha value is -1.22. The summed E-state index contributed by atoms with van der Waals surface area (Å²) in [6, 6.07) is 8.52. The molecule has 1 aromatic carbocycles. The van der Waals surface area contributed by atoms with Crippen molar-refractivity contribution in [1.82, 2.24) is 5.32 Å². The Bertz CT molecular complexity index is 375. The molecule has 2 rings (SSSR count). The molecule has 19 heavy (non-hydrogen) atoms. The highest BCUT2D eigenvalue weighted by atomic mass is 16.5. The van der Waals surface area contributed by atoms with Gasteiger partial charge in [0, 0.05) is 18.8 Å². The van der Waals surface area contributed by atoms with Gasteiger partial charge in [0.2, 0.25) is 0 Å². The predicted octanol–water partition coefficient (Wildman–Crippen LogP) is 2.91. The molecule has 0 amide bonds. The third-order valence-electron chi connectivity index (χ3n) is 3.66. The summed E-state index contributed by atoms with van der Waals surface area (Å²) in [7, 11) is 2.03. The molecule has 1 N–H and O–H groups in total. The van der Waals surface area contributed by atoms with E-state index in [1.165, 1.54) is 31.6 Å². The summed E-state index contributed by atoms with van der Waals surface area (Å²) in [5.74, 6) is 1.80. The molecule has 0 bridgehead atoms. The first-order chi connectivity index (χ1) is 9.19. The molecular weight excluding hydrogens is 236 g/mol. The number of nitrogens with zero attached hydrogens (tertiary/aromatic N) is 1. The van der Waals surface area contributed by atoms with Crippen LogP contribution in [0, 0.1) is 5.92 Å². The lowest BCUT2D eigenvalue weighted by atomic mass is 10.1. The summed E-state index contributed by atoms with van der Waals surface area (Å²) in [6.45, 7) is 7.60. The molecule has 0 aromatic heterocycles. The highest BCUT2D eigenvalue weighted by molar-refractivity contribution is 5.49. The number of hydrogen-bond acceptors (Lipinski definition) is 3. The number of rotatable bonds is 6. The fourth-order valence-corrected chi connectivity index (χ4v) is 2.66. The van der Waals surface area contributed by atoms with E-state index in [1.54, 1.807) is 0 Å². The van der Waals surface area contributed by atoms with E-state index in [-0.39, 0.29) is 6.10 Å². The molecule has 0 spiro atoms. The van der Waals surface area contributed by atoms with Gasteiger partial charge in [-0.1, -0.05) is 0 Å². The maximum absolute atomic E-state index is 5.68. The maximum atomic E-state index is 5.68. The summed E-state index contributed by atoms with van der Waals surface area (Å²) in [6.07, 6.45) is 2.83. The number of nitrogens with one attached hydrogen (secondary N) is 1. The van der Waals surface area contributed by atoms with Crippen LogP contribution in [-0.2, 0) is 0 Å². The second-order valence-electron chi connectivity index (χ2n) is 5.65. The topological polar surface area (TPSA) is 24.5 Å².